The molecule has 1 aliphatic carbocycles. The first-order chi connectivity index (χ1) is 9.02. The zero-order chi connectivity index (χ0) is 13.9. The number of rotatable bonds is 5. The van der Waals surface area contributed by atoms with Crippen LogP contribution in [-0.4, -0.2) is 11.2 Å². The Hall–Kier alpha value is -0.340. The Morgan fingerprint density at radius 1 is 1.16 bits per heavy atom. The lowest BCUT2D eigenvalue weighted by Crippen LogP contribution is -2.35. The summed E-state index contributed by atoms with van der Waals surface area (Å²) in [7, 11) is 0. The SMILES string of the molecule is CC(C)CC1(C(O)Cc2ccc(Br)cc2)CCCC1. The summed E-state index contributed by atoms with van der Waals surface area (Å²) < 4.78 is 1.10. The van der Waals surface area contributed by atoms with Crippen molar-refractivity contribution in [1.82, 2.24) is 0 Å². The largest absolute Gasteiger partial charge is 0.392 e. The third-order valence-electron chi connectivity index (χ3n) is 4.46. The van der Waals surface area contributed by atoms with Crippen molar-refractivity contribution in [2.24, 2.45) is 11.3 Å². The smallest absolute Gasteiger partial charge is 0.0636 e. The molecule has 1 nitrogen and oxygen atoms in total. The Labute approximate surface area is 125 Å². The first kappa shape index (κ1) is 15.1. The van der Waals surface area contributed by atoms with E-state index in [4.69, 9.17) is 0 Å². The molecule has 0 bridgehead atoms. The van der Waals surface area contributed by atoms with E-state index < -0.39 is 0 Å². The molecule has 0 radical (unpaired) electrons. The topological polar surface area (TPSA) is 20.2 Å². The molecule has 0 amide bonds. The number of aliphatic hydroxyl groups excluding tert-OH is 1. The minimum atomic E-state index is -0.196. The van der Waals surface area contributed by atoms with E-state index in [2.05, 4.69) is 54.0 Å². The lowest BCUT2D eigenvalue weighted by Gasteiger charge is -2.36. The van der Waals surface area contributed by atoms with Crippen molar-refractivity contribution in [3.05, 3.63) is 34.3 Å². The van der Waals surface area contributed by atoms with Gasteiger partial charge in [-0.2, -0.15) is 0 Å². The standard InChI is InChI=1S/C17H25BrO/c1-13(2)12-17(9-3-4-10-17)16(19)11-14-5-7-15(18)8-6-14/h5-8,13,16,19H,3-4,9-12H2,1-2H3. The van der Waals surface area contributed by atoms with E-state index in [1.54, 1.807) is 0 Å². The molecule has 1 saturated carbocycles. The molecule has 1 aliphatic rings. The van der Waals surface area contributed by atoms with Crippen LogP contribution in [-0.2, 0) is 6.42 Å². The van der Waals surface area contributed by atoms with Crippen molar-refractivity contribution in [3.63, 3.8) is 0 Å². The maximum absolute atomic E-state index is 10.8. The van der Waals surface area contributed by atoms with Crippen LogP contribution < -0.4 is 0 Å². The molecule has 1 N–H and O–H groups in total. The molecule has 0 spiro atoms. The Morgan fingerprint density at radius 3 is 2.26 bits per heavy atom. The van der Waals surface area contributed by atoms with Crippen LogP contribution in [0.4, 0.5) is 0 Å². The van der Waals surface area contributed by atoms with Gasteiger partial charge in [0, 0.05) is 4.47 Å². The fourth-order valence-electron chi connectivity index (χ4n) is 3.63. The molecule has 19 heavy (non-hydrogen) atoms. The van der Waals surface area contributed by atoms with Gasteiger partial charge >= 0.3 is 0 Å². The summed E-state index contributed by atoms with van der Waals surface area (Å²) in [5, 5.41) is 10.8. The monoisotopic (exact) mass is 324 g/mol. The molecule has 2 rings (SSSR count). The van der Waals surface area contributed by atoms with Crippen molar-refractivity contribution in [2.45, 2.75) is 58.5 Å². The van der Waals surface area contributed by atoms with E-state index >= 15 is 0 Å². The Morgan fingerprint density at radius 2 is 1.74 bits per heavy atom. The molecule has 1 atom stereocenters. The van der Waals surface area contributed by atoms with Crippen LogP contribution >= 0.6 is 15.9 Å². The van der Waals surface area contributed by atoms with Gasteiger partial charge in [0.2, 0.25) is 0 Å². The van der Waals surface area contributed by atoms with Gasteiger partial charge in [-0.25, -0.2) is 0 Å². The van der Waals surface area contributed by atoms with Crippen molar-refractivity contribution in [1.29, 1.82) is 0 Å². The first-order valence-electron chi connectivity index (χ1n) is 7.44. The molecule has 0 heterocycles. The van der Waals surface area contributed by atoms with Gasteiger partial charge in [0.05, 0.1) is 6.10 Å². The van der Waals surface area contributed by atoms with E-state index in [1.807, 2.05) is 0 Å². The molecule has 0 saturated heterocycles. The van der Waals surface area contributed by atoms with Crippen LogP contribution in [0.5, 0.6) is 0 Å². The average molecular weight is 325 g/mol. The van der Waals surface area contributed by atoms with Crippen LogP contribution in [0.15, 0.2) is 28.7 Å². The van der Waals surface area contributed by atoms with Crippen molar-refractivity contribution >= 4 is 15.9 Å². The highest BCUT2D eigenvalue weighted by atomic mass is 79.9. The van der Waals surface area contributed by atoms with E-state index in [0.717, 1.165) is 17.3 Å². The lowest BCUT2D eigenvalue weighted by molar-refractivity contribution is 0.0134. The van der Waals surface area contributed by atoms with Gasteiger partial charge in [0.15, 0.2) is 0 Å². The number of hydrogen-bond donors (Lipinski definition) is 1. The van der Waals surface area contributed by atoms with Gasteiger partial charge < -0.3 is 5.11 Å². The Bertz CT molecular complexity index is 390. The summed E-state index contributed by atoms with van der Waals surface area (Å²) >= 11 is 3.46. The zero-order valence-electron chi connectivity index (χ0n) is 12.0. The van der Waals surface area contributed by atoms with Gasteiger partial charge in [-0.3, -0.25) is 0 Å². The van der Waals surface area contributed by atoms with Crippen LogP contribution in [0.25, 0.3) is 0 Å². The normalized spacial score (nSPS) is 19.8. The summed E-state index contributed by atoms with van der Waals surface area (Å²) in [6.45, 7) is 4.54. The molecule has 1 aromatic rings. The highest BCUT2D eigenvalue weighted by molar-refractivity contribution is 9.10. The summed E-state index contributed by atoms with van der Waals surface area (Å²) in [5.41, 5.74) is 1.41. The fraction of sp³-hybridized carbons (Fsp3) is 0.647. The van der Waals surface area contributed by atoms with Gasteiger partial charge in [-0.1, -0.05) is 54.8 Å². The molecule has 1 fully saturated rings. The highest BCUT2D eigenvalue weighted by Crippen LogP contribution is 2.46. The van der Waals surface area contributed by atoms with Crippen molar-refractivity contribution in [2.75, 3.05) is 0 Å². The third-order valence-corrected chi connectivity index (χ3v) is 4.99. The second kappa shape index (κ2) is 6.41. The minimum absolute atomic E-state index is 0.168. The number of benzene rings is 1. The first-order valence-corrected chi connectivity index (χ1v) is 8.24. The zero-order valence-corrected chi connectivity index (χ0v) is 13.6. The second-order valence-corrected chi connectivity index (χ2v) is 7.43. The fourth-order valence-corrected chi connectivity index (χ4v) is 3.89. The molecule has 106 valence electrons. The van der Waals surface area contributed by atoms with Crippen molar-refractivity contribution < 1.29 is 5.11 Å². The number of hydrogen-bond acceptors (Lipinski definition) is 1. The van der Waals surface area contributed by atoms with E-state index in [0.29, 0.717) is 5.92 Å². The third kappa shape index (κ3) is 3.82. The summed E-state index contributed by atoms with van der Waals surface area (Å²) in [6.07, 6.45) is 6.71. The van der Waals surface area contributed by atoms with Gasteiger partial charge in [-0.15, -0.1) is 0 Å². The second-order valence-electron chi connectivity index (χ2n) is 6.51. The highest BCUT2D eigenvalue weighted by Gasteiger charge is 2.40. The Balaban J connectivity index is 2.07. The van der Waals surface area contributed by atoms with E-state index in [-0.39, 0.29) is 11.5 Å². The molecule has 2 heteroatoms. The van der Waals surface area contributed by atoms with E-state index in [1.165, 1.54) is 31.2 Å². The van der Waals surface area contributed by atoms with Crippen molar-refractivity contribution in [3.8, 4) is 0 Å². The molecular weight excluding hydrogens is 300 g/mol. The lowest BCUT2D eigenvalue weighted by atomic mass is 9.72. The molecule has 0 aliphatic heterocycles. The Kier molecular flexibility index (Phi) is 5.08. The molecular formula is C17H25BrO. The predicted octanol–water partition coefficient (Wildman–Crippen LogP) is 4.96. The predicted molar refractivity (Wildman–Crippen MR) is 84.2 cm³/mol. The number of halogens is 1. The van der Waals surface area contributed by atoms with E-state index in [9.17, 15) is 5.11 Å². The quantitative estimate of drug-likeness (QED) is 0.811. The molecule has 0 aromatic heterocycles. The summed E-state index contributed by atoms with van der Waals surface area (Å²) in [5.74, 6) is 0.665. The minimum Gasteiger partial charge on any atom is -0.392 e. The summed E-state index contributed by atoms with van der Waals surface area (Å²) in [4.78, 5) is 0. The van der Waals surface area contributed by atoms with Gasteiger partial charge in [0.25, 0.3) is 0 Å². The van der Waals surface area contributed by atoms with Crippen LogP contribution in [0, 0.1) is 11.3 Å². The number of aliphatic hydroxyl groups is 1. The average Bonchev–Trinajstić information content (AvgIpc) is 2.81. The molecule has 1 unspecified atom stereocenters. The van der Waals surface area contributed by atoms with Crippen LogP contribution in [0.3, 0.4) is 0 Å². The van der Waals surface area contributed by atoms with Gasteiger partial charge in [0.1, 0.15) is 0 Å². The van der Waals surface area contributed by atoms with Crippen LogP contribution in [0.1, 0.15) is 51.5 Å². The molecule has 1 aromatic carbocycles. The van der Waals surface area contributed by atoms with Gasteiger partial charge in [-0.05, 0) is 54.7 Å². The van der Waals surface area contributed by atoms with Crippen LogP contribution in [0.2, 0.25) is 0 Å². The summed E-state index contributed by atoms with van der Waals surface area (Å²) in [6, 6.07) is 8.36. The maximum atomic E-state index is 10.8. The maximum Gasteiger partial charge on any atom is 0.0636 e.